The third kappa shape index (κ3) is 3.10. The van der Waals surface area contributed by atoms with Gasteiger partial charge in [-0.1, -0.05) is 42.5 Å². The number of nitrogens with zero attached hydrogens (tertiary/aromatic N) is 4. The molecule has 0 aromatic heterocycles. The van der Waals surface area contributed by atoms with E-state index in [0.717, 1.165) is 5.56 Å². The molecule has 2 aliphatic heterocycles. The van der Waals surface area contributed by atoms with Gasteiger partial charge < -0.3 is 9.80 Å². The average molecular weight is 366 g/mol. The number of anilines is 1. The van der Waals surface area contributed by atoms with E-state index in [9.17, 15) is 19.7 Å². The molecule has 3 amide bonds. The highest BCUT2D eigenvalue weighted by Gasteiger charge is 2.45. The van der Waals surface area contributed by atoms with Gasteiger partial charge in [0.15, 0.2) is 0 Å². The molecule has 1 atom stereocenters. The van der Waals surface area contributed by atoms with Crippen LogP contribution in [-0.2, 0) is 11.3 Å². The molecule has 27 heavy (non-hydrogen) atoms. The first-order valence-corrected chi connectivity index (χ1v) is 8.68. The maximum Gasteiger partial charge on any atom is 0.325 e. The summed E-state index contributed by atoms with van der Waals surface area (Å²) in [6, 6.07) is 15.3. The second-order valence-electron chi connectivity index (χ2n) is 6.68. The van der Waals surface area contributed by atoms with Gasteiger partial charge in [-0.05, 0) is 11.6 Å². The van der Waals surface area contributed by atoms with E-state index in [1.807, 2.05) is 30.3 Å². The molecule has 2 saturated heterocycles. The van der Waals surface area contributed by atoms with Crippen LogP contribution in [0.1, 0.15) is 5.56 Å². The van der Waals surface area contributed by atoms with Crippen LogP contribution in [0.3, 0.4) is 0 Å². The van der Waals surface area contributed by atoms with Gasteiger partial charge in [-0.3, -0.25) is 19.8 Å². The molecule has 0 spiro atoms. The van der Waals surface area contributed by atoms with Gasteiger partial charge in [0.25, 0.3) is 5.69 Å². The Hall–Kier alpha value is -3.42. The maximum absolute atomic E-state index is 12.8. The zero-order valence-corrected chi connectivity index (χ0v) is 14.5. The van der Waals surface area contributed by atoms with Crippen LogP contribution < -0.4 is 4.90 Å². The van der Waals surface area contributed by atoms with Crippen molar-refractivity contribution in [2.75, 3.05) is 24.5 Å². The quantitative estimate of drug-likeness (QED) is 0.613. The number of rotatable bonds is 4. The smallest absolute Gasteiger partial charge is 0.325 e. The first kappa shape index (κ1) is 17.0. The van der Waals surface area contributed by atoms with E-state index in [4.69, 9.17) is 0 Å². The van der Waals surface area contributed by atoms with Crippen molar-refractivity contribution >= 4 is 23.3 Å². The molecule has 2 heterocycles. The van der Waals surface area contributed by atoms with Crippen molar-refractivity contribution in [1.82, 2.24) is 9.80 Å². The number of fused-ring (bicyclic) bond motifs is 1. The fraction of sp³-hybridized carbons (Fsp3) is 0.263. The zero-order chi connectivity index (χ0) is 19.0. The molecular weight excluding hydrogens is 348 g/mol. The summed E-state index contributed by atoms with van der Waals surface area (Å²) in [6.45, 7) is 1.22. The number of para-hydroxylation sites is 2. The summed E-state index contributed by atoms with van der Waals surface area (Å²) in [7, 11) is 0. The molecule has 0 saturated carbocycles. The number of piperazine rings is 1. The number of nitro benzene ring substituents is 1. The number of urea groups is 1. The topological polar surface area (TPSA) is 87.0 Å². The molecule has 8 nitrogen and oxygen atoms in total. The molecule has 0 N–H and O–H groups in total. The molecule has 8 heteroatoms. The molecule has 1 unspecified atom stereocenters. The van der Waals surface area contributed by atoms with Gasteiger partial charge in [0, 0.05) is 19.2 Å². The van der Waals surface area contributed by atoms with E-state index < -0.39 is 4.92 Å². The van der Waals surface area contributed by atoms with Crippen LogP contribution in [0.15, 0.2) is 54.6 Å². The molecule has 2 fully saturated rings. The summed E-state index contributed by atoms with van der Waals surface area (Å²) >= 11 is 0. The number of benzene rings is 2. The molecule has 138 valence electrons. The van der Waals surface area contributed by atoms with Gasteiger partial charge in [-0.25, -0.2) is 4.79 Å². The highest BCUT2D eigenvalue weighted by atomic mass is 16.6. The Morgan fingerprint density at radius 1 is 1.00 bits per heavy atom. The fourth-order valence-electron chi connectivity index (χ4n) is 3.66. The summed E-state index contributed by atoms with van der Waals surface area (Å²) < 4.78 is 0. The number of hydrogen-bond acceptors (Lipinski definition) is 4. The van der Waals surface area contributed by atoms with Crippen LogP contribution >= 0.6 is 0 Å². The van der Waals surface area contributed by atoms with Crippen LogP contribution in [0.25, 0.3) is 0 Å². The predicted molar refractivity (Wildman–Crippen MR) is 98.2 cm³/mol. The summed E-state index contributed by atoms with van der Waals surface area (Å²) in [5, 5.41) is 11.3. The fourth-order valence-corrected chi connectivity index (χ4v) is 3.66. The molecule has 0 aliphatic carbocycles. The van der Waals surface area contributed by atoms with Crippen LogP contribution in [-0.4, -0.2) is 52.3 Å². The van der Waals surface area contributed by atoms with Crippen LogP contribution in [0.2, 0.25) is 0 Å². The van der Waals surface area contributed by atoms with E-state index in [1.165, 1.54) is 15.9 Å². The summed E-state index contributed by atoms with van der Waals surface area (Å²) in [6.07, 6.45) is 0. The summed E-state index contributed by atoms with van der Waals surface area (Å²) in [4.78, 5) is 40.8. The summed E-state index contributed by atoms with van der Waals surface area (Å²) in [5.74, 6) is -0.118. The van der Waals surface area contributed by atoms with Gasteiger partial charge in [0.2, 0.25) is 5.91 Å². The summed E-state index contributed by atoms with van der Waals surface area (Å²) in [5.41, 5.74) is 1.18. The van der Waals surface area contributed by atoms with Crippen molar-refractivity contribution in [3.8, 4) is 0 Å². The predicted octanol–water partition coefficient (Wildman–Crippen LogP) is 2.25. The second kappa shape index (κ2) is 6.71. The molecular formula is C19H18N4O4. The lowest BCUT2D eigenvalue weighted by Gasteiger charge is -2.36. The van der Waals surface area contributed by atoms with E-state index in [2.05, 4.69) is 0 Å². The van der Waals surface area contributed by atoms with E-state index in [0.29, 0.717) is 19.6 Å². The van der Waals surface area contributed by atoms with Crippen molar-refractivity contribution < 1.29 is 14.5 Å². The van der Waals surface area contributed by atoms with Crippen molar-refractivity contribution in [3.63, 3.8) is 0 Å². The highest BCUT2D eigenvalue weighted by Crippen LogP contribution is 2.33. The molecule has 2 aromatic rings. The number of carbonyl (C=O) groups is 2. The minimum absolute atomic E-state index is 0.00648. The Morgan fingerprint density at radius 2 is 1.70 bits per heavy atom. The molecule has 0 radical (unpaired) electrons. The Kier molecular flexibility index (Phi) is 4.23. The molecule has 4 rings (SSSR count). The lowest BCUT2D eigenvalue weighted by Crippen LogP contribution is -2.54. The van der Waals surface area contributed by atoms with Gasteiger partial charge in [0.1, 0.15) is 12.2 Å². The van der Waals surface area contributed by atoms with Crippen LogP contribution in [0.5, 0.6) is 0 Å². The third-order valence-corrected chi connectivity index (χ3v) is 4.99. The number of nitro groups is 1. The van der Waals surface area contributed by atoms with Crippen molar-refractivity contribution in [3.05, 3.63) is 70.3 Å². The minimum atomic E-state index is -0.493. The first-order chi connectivity index (χ1) is 13.0. The van der Waals surface area contributed by atoms with Gasteiger partial charge in [-0.15, -0.1) is 0 Å². The largest absolute Gasteiger partial charge is 0.335 e. The molecule has 0 bridgehead atoms. The van der Waals surface area contributed by atoms with Crippen molar-refractivity contribution in [1.29, 1.82) is 0 Å². The molecule has 2 aromatic carbocycles. The monoisotopic (exact) mass is 366 g/mol. The lowest BCUT2D eigenvalue weighted by molar-refractivity contribution is -0.384. The highest BCUT2D eigenvalue weighted by molar-refractivity contribution is 5.99. The SMILES string of the molecule is O=C1CN2C(=O)N(c3ccccc3[N+](=O)[O-])CC2CN1Cc1ccccc1. The number of hydrogen-bond donors (Lipinski definition) is 0. The minimum Gasteiger partial charge on any atom is -0.335 e. The maximum atomic E-state index is 12.8. The normalized spacial score (nSPS) is 19.4. The lowest BCUT2D eigenvalue weighted by atomic mass is 10.1. The zero-order valence-electron chi connectivity index (χ0n) is 14.5. The van der Waals surface area contributed by atoms with Crippen LogP contribution in [0.4, 0.5) is 16.2 Å². The Balaban J connectivity index is 1.55. The Labute approximate surface area is 155 Å². The van der Waals surface area contributed by atoms with E-state index in [1.54, 1.807) is 23.1 Å². The van der Waals surface area contributed by atoms with Crippen molar-refractivity contribution in [2.24, 2.45) is 0 Å². The average Bonchev–Trinajstić information content (AvgIpc) is 2.98. The number of carbonyl (C=O) groups excluding carboxylic acids is 2. The standard InChI is InChI=1S/C19H18N4O4/c24-18-13-21-15(11-20(18)10-14-6-2-1-3-7-14)12-22(19(21)25)16-8-4-5-9-17(16)23(26)27/h1-9,15H,10-13H2. The number of amides is 3. The Morgan fingerprint density at radius 3 is 2.44 bits per heavy atom. The van der Waals surface area contributed by atoms with E-state index in [-0.39, 0.29) is 35.9 Å². The Bertz CT molecular complexity index is 902. The van der Waals surface area contributed by atoms with Gasteiger partial charge in [0.05, 0.1) is 17.5 Å². The van der Waals surface area contributed by atoms with E-state index >= 15 is 0 Å². The van der Waals surface area contributed by atoms with Gasteiger partial charge >= 0.3 is 6.03 Å². The van der Waals surface area contributed by atoms with Crippen LogP contribution in [0, 0.1) is 10.1 Å². The second-order valence-corrected chi connectivity index (χ2v) is 6.68. The van der Waals surface area contributed by atoms with Gasteiger partial charge in [-0.2, -0.15) is 0 Å². The van der Waals surface area contributed by atoms with Crippen molar-refractivity contribution in [2.45, 2.75) is 12.6 Å². The first-order valence-electron chi connectivity index (χ1n) is 8.68. The third-order valence-electron chi connectivity index (χ3n) is 4.99. The molecule has 2 aliphatic rings.